The van der Waals surface area contributed by atoms with Gasteiger partial charge in [0.05, 0.1) is 0 Å². The second-order valence-electron chi connectivity index (χ2n) is 5.73. The molecule has 0 saturated heterocycles. The third-order valence-corrected chi connectivity index (χ3v) is 4.88. The second-order valence-corrected chi connectivity index (χ2v) is 6.61. The Morgan fingerprint density at radius 3 is 2.50 bits per heavy atom. The van der Waals surface area contributed by atoms with Gasteiger partial charge in [0, 0.05) is 16.6 Å². The first-order chi connectivity index (χ1) is 8.69. The van der Waals surface area contributed by atoms with Gasteiger partial charge >= 0.3 is 0 Å². The molecule has 1 saturated carbocycles. The first-order valence-electron chi connectivity index (χ1n) is 7.09. The molecule has 0 bridgehead atoms. The highest BCUT2D eigenvalue weighted by Crippen LogP contribution is 2.31. The molecule has 0 radical (unpaired) electrons. The molecule has 1 fully saturated rings. The number of nitrogens with one attached hydrogen (secondary N) is 1. The van der Waals surface area contributed by atoms with Crippen molar-refractivity contribution in [2.45, 2.75) is 50.5 Å². The Morgan fingerprint density at radius 1 is 1.17 bits per heavy atom. The maximum absolute atomic E-state index is 3.70. The van der Waals surface area contributed by atoms with Crippen LogP contribution >= 0.6 is 11.8 Å². The minimum atomic E-state index is 0.678. The SMILES string of the molecule is CSc1cccc(NC2CCC(C(C)C)CC2)c1. The molecule has 2 heteroatoms. The average molecular weight is 263 g/mol. The van der Waals surface area contributed by atoms with Crippen LogP contribution in [0.2, 0.25) is 0 Å². The zero-order valence-corrected chi connectivity index (χ0v) is 12.6. The molecule has 0 aliphatic heterocycles. The van der Waals surface area contributed by atoms with Crippen LogP contribution in [-0.2, 0) is 0 Å². The van der Waals surface area contributed by atoms with E-state index in [2.05, 4.69) is 49.7 Å². The van der Waals surface area contributed by atoms with E-state index in [1.54, 1.807) is 0 Å². The van der Waals surface area contributed by atoms with Crippen molar-refractivity contribution in [3.8, 4) is 0 Å². The van der Waals surface area contributed by atoms with Crippen LogP contribution in [0, 0.1) is 11.8 Å². The fraction of sp³-hybridized carbons (Fsp3) is 0.625. The third kappa shape index (κ3) is 3.68. The van der Waals surface area contributed by atoms with Gasteiger partial charge < -0.3 is 5.32 Å². The molecule has 0 aromatic heterocycles. The summed E-state index contributed by atoms with van der Waals surface area (Å²) in [5.41, 5.74) is 1.29. The molecule has 1 N–H and O–H groups in total. The summed E-state index contributed by atoms with van der Waals surface area (Å²) in [5.74, 6) is 1.80. The van der Waals surface area contributed by atoms with Crippen molar-refractivity contribution < 1.29 is 0 Å². The maximum Gasteiger partial charge on any atom is 0.0353 e. The van der Waals surface area contributed by atoms with Gasteiger partial charge in [-0.1, -0.05) is 19.9 Å². The van der Waals surface area contributed by atoms with Crippen LogP contribution in [0.5, 0.6) is 0 Å². The molecule has 100 valence electrons. The van der Waals surface area contributed by atoms with Crippen LogP contribution in [0.25, 0.3) is 0 Å². The minimum absolute atomic E-state index is 0.678. The lowest BCUT2D eigenvalue weighted by Gasteiger charge is -2.31. The lowest BCUT2D eigenvalue weighted by atomic mass is 9.79. The van der Waals surface area contributed by atoms with E-state index in [9.17, 15) is 0 Å². The average Bonchev–Trinajstić information content (AvgIpc) is 2.39. The first kappa shape index (κ1) is 13.8. The van der Waals surface area contributed by atoms with Gasteiger partial charge in [-0.15, -0.1) is 11.8 Å². The predicted molar refractivity (Wildman–Crippen MR) is 82.4 cm³/mol. The monoisotopic (exact) mass is 263 g/mol. The van der Waals surface area contributed by atoms with Crippen LogP contribution < -0.4 is 5.32 Å². The van der Waals surface area contributed by atoms with E-state index >= 15 is 0 Å². The number of thioether (sulfide) groups is 1. The Kier molecular flexibility index (Phi) is 4.99. The zero-order chi connectivity index (χ0) is 13.0. The van der Waals surface area contributed by atoms with Gasteiger partial charge in [-0.25, -0.2) is 0 Å². The lowest BCUT2D eigenvalue weighted by molar-refractivity contribution is 0.267. The number of benzene rings is 1. The standard InChI is InChI=1S/C16H25NS/c1-12(2)13-7-9-14(10-8-13)17-15-5-4-6-16(11-15)18-3/h4-6,11-14,17H,7-10H2,1-3H3. The molecular weight excluding hydrogens is 238 g/mol. The van der Waals surface area contributed by atoms with Crippen LogP contribution in [0.4, 0.5) is 5.69 Å². The molecule has 1 aromatic carbocycles. The normalized spacial score (nSPS) is 24.2. The molecular formula is C16H25NS. The van der Waals surface area contributed by atoms with Crippen molar-refractivity contribution in [3.63, 3.8) is 0 Å². The van der Waals surface area contributed by atoms with Crippen molar-refractivity contribution >= 4 is 17.4 Å². The quantitative estimate of drug-likeness (QED) is 0.764. The second kappa shape index (κ2) is 6.51. The third-order valence-electron chi connectivity index (χ3n) is 4.16. The highest BCUT2D eigenvalue weighted by molar-refractivity contribution is 7.98. The highest BCUT2D eigenvalue weighted by Gasteiger charge is 2.22. The molecule has 0 atom stereocenters. The number of anilines is 1. The summed E-state index contributed by atoms with van der Waals surface area (Å²) < 4.78 is 0. The molecule has 1 nitrogen and oxygen atoms in total. The molecule has 0 unspecified atom stereocenters. The van der Waals surface area contributed by atoms with Gasteiger partial charge in [0.15, 0.2) is 0 Å². The topological polar surface area (TPSA) is 12.0 Å². The summed E-state index contributed by atoms with van der Waals surface area (Å²) >= 11 is 1.81. The molecule has 2 rings (SSSR count). The highest BCUT2D eigenvalue weighted by atomic mass is 32.2. The number of hydrogen-bond acceptors (Lipinski definition) is 2. The summed E-state index contributed by atoms with van der Waals surface area (Å²) in [6, 6.07) is 9.45. The summed E-state index contributed by atoms with van der Waals surface area (Å²) in [6.07, 6.45) is 7.56. The molecule has 1 aromatic rings. The molecule has 0 spiro atoms. The fourth-order valence-electron chi connectivity index (χ4n) is 2.88. The summed E-state index contributed by atoms with van der Waals surface area (Å²) in [4.78, 5) is 1.34. The van der Waals surface area contributed by atoms with E-state index < -0.39 is 0 Å². The largest absolute Gasteiger partial charge is 0.382 e. The summed E-state index contributed by atoms with van der Waals surface area (Å²) in [7, 11) is 0. The van der Waals surface area contributed by atoms with Gasteiger partial charge in [-0.3, -0.25) is 0 Å². The Morgan fingerprint density at radius 2 is 1.89 bits per heavy atom. The van der Waals surface area contributed by atoms with E-state index in [4.69, 9.17) is 0 Å². The van der Waals surface area contributed by atoms with Gasteiger partial charge in [-0.05, 0) is 62.0 Å². The molecule has 1 aliphatic rings. The van der Waals surface area contributed by atoms with Crippen molar-refractivity contribution in [2.75, 3.05) is 11.6 Å². The van der Waals surface area contributed by atoms with Gasteiger partial charge in [0.2, 0.25) is 0 Å². The molecule has 0 heterocycles. The number of hydrogen-bond donors (Lipinski definition) is 1. The van der Waals surface area contributed by atoms with Crippen molar-refractivity contribution in [3.05, 3.63) is 24.3 Å². The smallest absolute Gasteiger partial charge is 0.0353 e. The number of rotatable bonds is 4. The molecule has 0 amide bonds. The molecule has 1 aliphatic carbocycles. The van der Waals surface area contributed by atoms with Crippen LogP contribution in [0.1, 0.15) is 39.5 Å². The lowest BCUT2D eigenvalue weighted by Crippen LogP contribution is -2.27. The Labute approximate surface area is 116 Å². The van der Waals surface area contributed by atoms with E-state index in [0.717, 1.165) is 11.8 Å². The van der Waals surface area contributed by atoms with Crippen LogP contribution in [0.15, 0.2) is 29.2 Å². The molecule has 18 heavy (non-hydrogen) atoms. The van der Waals surface area contributed by atoms with Crippen molar-refractivity contribution in [1.29, 1.82) is 0 Å². The Balaban J connectivity index is 1.87. The van der Waals surface area contributed by atoms with E-state index in [-0.39, 0.29) is 0 Å². The van der Waals surface area contributed by atoms with E-state index in [1.807, 2.05) is 11.8 Å². The first-order valence-corrected chi connectivity index (χ1v) is 8.32. The fourth-order valence-corrected chi connectivity index (χ4v) is 3.34. The van der Waals surface area contributed by atoms with Crippen molar-refractivity contribution in [2.24, 2.45) is 11.8 Å². The van der Waals surface area contributed by atoms with E-state index in [0.29, 0.717) is 6.04 Å². The zero-order valence-electron chi connectivity index (χ0n) is 11.8. The minimum Gasteiger partial charge on any atom is -0.382 e. The Hall–Kier alpha value is -0.630. The van der Waals surface area contributed by atoms with Crippen LogP contribution in [-0.4, -0.2) is 12.3 Å². The maximum atomic E-state index is 3.70. The van der Waals surface area contributed by atoms with Crippen LogP contribution in [0.3, 0.4) is 0 Å². The predicted octanol–water partition coefficient (Wildman–Crippen LogP) is 5.04. The summed E-state index contributed by atoms with van der Waals surface area (Å²) in [5, 5.41) is 3.70. The Bertz CT molecular complexity index is 367. The van der Waals surface area contributed by atoms with Gasteiger partial charge in [0.1, 0.15) is 0 Å². The van der Waals surface area contributed by atoms with E-state index in [1.165, 1.54) is 36.3 Å². The van der Waals surface area contributed by atoms with Gasteiger partial charge in [0.25, 0.3) is 0 Å². The van der Waals surface area contributed by atoms with Gasteiger partial charge in [-0.2, -0.15) is 0 Å². The van der Waals surface area contributed by atoms with Crippen molar-refractivity contribution in [1.82, 2.24) is 0 Å². The summed E-state index contributed by atoms with van der Waals surface area (Å²) in [6.45, 7) is 4.72.